The van der Waals surface area contributed by atoms with E-state index in [0.29, 0.717) is 11.1 Å². The fourth-order valence-electron chi connectivity index (χ4n) is 12.2. The third-order valence-electron chi connectivity index (χ3n) is 17.6. The summed E-state index contributed by atoms with van der Waals surface area (Å²) in [4.78, 5) is 52.9. The molecular weight excluding hydrogens is 1160 g/mol. The molecule has 2 aliphatic heterocycles. The van der Waals surface area contributed by atoms with Gasteiger partial charge in [-0.15, -0.1) is 0 Å². The van der Waals surface area contributed by atoms with Crippen molar-refractivity contribution in [3.63, 3.8) is 0 Å². The Balaban J connectivity index is 1.26. The molecule has 0 saturated carbocycles. The number of carbonyl (C=O) groups is 2. The molecule has 474 valence electrons. The lowest BCUT2D eigenvalue weighted by atomic mass is 9.79. The first-order valence-corrected chi connectivity index (χ1v) is 31.5. The number of cyclic esters (lactones) is 2. The molecule has 0 aliphatic carbocycles. The van der Waals surface area contributed by atoms with Gasteiger partial charge in [0.15, 0.2) is 11.2 Å². The van der Waals surface area contributed by atoms with Gasteiger partial charge in [-0.25, -0.2) is 9.59 Å². The Morgan fingerprint density at radius 2 is 0.479 bits per heavy atom. The molecule has 2 aliphatic rings. The van der Waals surface area contributed by atoms with Crippen molar-refractivity contribution in [3.05, 3.63) is 308 Å². The average Bonchev–Trinajstić information content (AvgIpc) is 1.54. The molecule has 2 heterocycles. The molecular formula is C82H82N8O4. The number of esters is 2. The summed E-state index contributed by atoms with van der Waals surface area (Å²) in [5.74, 6) is -1.14. The van der Waals surface area contributed by atoms with E-state index >= 15 is 9.59 Å². The average molecular weight is 1240 g/mol. The molecule has 0 bridgehead atoms. The molecule has 0 fully saturated rings. The second-order valence-corrected chi connectivity index (χ2v) is 25.2. The van der Waals surface area contributed by atoms with Crippen LogP contribution >= 0.6 is 0 Å². The normalized spacial score (nSPS) is 15.9. The first-order chi connectivity index (χ1) is 45.2. The minimum Gasteiger partial charge on any atom is -0.442 e. The van der Waals surface area contributed by atoms with Gasteiger partial charge in [0.2, 0.25) is 0 Å². The van der Waals surface area contributed by atoms with Crippen LogP contribution in [-0.2, 0) is 20.7 Å². The highest BCUT2D eigenvalue weighted by atomic mass is 16.6. The van der Waals surface area contributed by atoms with Crippen molar-refractivity contribution in [2.24, 2.45) is 9.98 Å². The maximum Gasteiger partial charge on any atom is 0.340 e. The largest absolute Gasteiger partial charge is 0.442 e. The standard InChI is InChI=1S/C82H82N8O4/c1-83-53-55-15-19-57(20-16-55)73(59-23-35-65(36-24-59)85(3)4)49-81(51-75(61-27-39-67(40-28-61)87(7)8)62-29-41-68(42-30-62)88(9)10)77-47-72-78(48-71(77)79(91)93-81)82(94-80(72)92,50-74(58-21-17-56(18-22-58)54-84-2)60-25-37-66(38-26-60)86(5)6)52-76(63-31-43-69(44-32-63)89(11)12)64-33-45-70(46-34-64)90(13)14/h15-54H,1-14H3. The molecule has 2 atom stereocenters. The minimum absolute atomic E-state index is 0.283. The molecule has 0 aromatic heterocycles. The maximum absolute atomic E-state index is 15.9. The lowest BCUT2D eigenvalue weighted by molar-refractivity contribution is 0.0295. The van der Waals surface area contributed by atoms with E-state index in [-0.39, 0.29) is 11.1 Å². The van der Waals surface area contributed by atoms with Crippen molar-refractivity contribution in [2.45, 2.75) is 11.2 Å². The van der Waals surface area contributed by atoms with E-state index in [2.05, 4.69) is 234 Å². The summed E-state index contributed by atoms with van der Waals surface area (Å²) in [7, 11) is 27.8. The number of aliphatic imine (C=N–C) groups is 2. The number of hydrogen-bond donors (Lipinski definition) is 0. The summed E-state index contributed by atoms with van der Waals surface area (Å²) >= 11 is 0. The smallest absolute Gasteiger partial charge is 0.340 e. The highest BCUT2D eigenvalue weighted by molar-refractivity contribution is 6.04. The minimum atomic E-state index is -1.66. The van der Waals surface area contributed by atoms with Crippen LogP contribution in [0.2, 0.25) is 0 Å². The van der Waals surface area contributed by atoms with Gasteiger partial charge in [-0.1, -0.05) is 121 Å². The summed E-state index contributed by atoms with van der Waals surface area (Å²) in [6.07, 6.45) is 11.9. The SMILES string of the molecule is CN=Cc1ccc(C(=CC2(C=C(c3ccc(N(C)C)cc3)c3ccc(N(C)C)cc3)OC(=O)c3cc4c(cc32)C(=O)OC4(C=C(c2ccc(C=NC)cc2)c2ccc(N(C)C)cc2)C=C(c2ccc(N(C)C)cc2)c2ccc(N(C)C)cc2)c2ccc(N(C)C)cc2)cc1. The third kappa shape index (κ3) is 13.4. The molecule has 94 heavy (non-hydrogen) atoms. The number of anilines is 6. The van der Waals surface area contributed by atoms with Crippen LogP contribution in [0.3, 0.4) is 0 Å². The van der Waals surface area contributed by atoms with E-state index in [1.807, 2.05) is 133 Å². The summed E-state index contributed by atoms with van der Waals surface area (Å²) in [5, 5.41) is 0. The van der Waals surface area contributed by atoms with Gasteiger partial charge in [0.25, 0.3) is 0 Å². The predicted octanol–water partition coefficient (Wildman–Crippen LogP) is 15.4. The Labute approximate surface area is 554 Å². The van der Waals surface area contributed by atoms with Crippen molar-refractivity contribution >= 4 is 80.8 Å². The molecule has 11 rings (SSSR count). The zero-order chi connectivity index (χ0) is 66.6. The van der Waals surface area contributed by atoms with E-state index in [0.717, 1.165) is 112 Å². The van der Waals surface area contributed by atoms with E-state index < -0.39 is 23.1 Å². The highest BCUT2D eigenvalue weighted by Gasteiger charge is 2.50. The Hall–Kier alpha value is -11.0. The zero-order valence-corrected chi connectivity index (χ0v) is 56.3. The Kier molecular flexibility index (Phi) is 18.6. The van der Waals surface area contributed by atoms with Crippen LogP contribution in [0.5, 0.6) is 0 Å². The molecule has 0 spiro atoms. The van der Waals surface area contributed by atoms with Gasteiger partial charge < -0.3 is 38.9 Å². The molecule has 0 saturated heterocycles. The van der Waals surface area contributed by atoms with Gasteiger partial charge in [-0.3, -0.25) is 9.98 Å². The highest BCUT2D eigenvalue weighted by Crippen LogP contribution is 2.51. The van der Waals surface area contributed by atoms with Gasteiger partial charge in [0, 0.05) is 156 Å². The van der Waals surface area contributed by atoms with Crippen LogP contribution in [0.25, 0.3) is 22.3 Å². The first-order valence-electron chi connectivity index (χ1n) is 31.5. The second-order valence-electron chi connectivity index (χ2n) is 25.2. The number of nitrogens with zero attached hydrogens (tertiary/aromatic N) is 8. The number of hydrogen-bond acceptors (Lipinski definition) is 12. The Morgan fingerprint density at radius 1 is 0.298 bits per heavy atom. The van der Waals surface area contributed by atoms with Crippen molar-refractivity contribution in [3.8, 4) is 0 Å². The van der Waals surface area contributed by atoms with Crippen LogP contribution in [0.15, 0.2) is 241 Å². The fourth-order valence-corrected chi connectivity index (χ4v) is 12.2. The van der Waals surface area contributed by atoms with Crippen molar-refractivity contribution in [1.82, 2.24) is 0 Å². The van der Waals surface area contributed by atoms with Crippen LogP contribution in [-0.4, -0.2) is 123 Å². The molecule has 9 aromatic carbocycles. The number of carbonyl (C=O) groups excluding carboxylic acids is 2. The molecule has 2 unspecified atom stereocenters. The zero-order valence-electron chi connectivity index (χ0n) is 56.3. The van der Waals surface area contributed by atoms with Crippen LogP contribution in [0.4, 0.5) is 34.1 Å². The summed E-state index contributed by atoms with van der Waals surface area (Å²) in [5.41, 5.74) is 16.5. The molecule has 0 radical (unpaired) electrons. The molecule has 0 amide bonds. The van der Waals surface area contributed by atoms with Gasteiger partial charge in [-0.2, -0.15) is 0 Å². The Bertz CT molecular complexity index is 4030. The predicted molar refractivity (Wildman–Crippen MR) is 393 cm³/mol. The molecule has 12 heteroatoms. The molecule has 12 nitrogen and oxygen atoms in total. The number of ether oxygens (including phenoxy) is 2. The summed E-state index contributed by atoms with van der Waals surface area (Å²) in [6, 6.07) is 70.5. The third-order valence-corrected chi connectivity index (χ3v) is 17.6. The molecule has 9 aromatic rings. The summed E-state index contributed by atoms with van der Waals surface area (Å²) in [6.45, 7) is 0. The number of benzene rings is 9. The van der Waals surface area contributed by atoms with Gasteiger partial charge >= 0.3 is 11.9 Å². The van der Waals surface area contributed by atoms with Gasteiger partial charge in [0.1, 0.15) is 0 Å². The maximum atomic E-state index is 15.9. The second kappa shape index (κ2) is 27.1. The van der Waals surface area contributed by atoms with Gasteiger partial charge in [-0.05, 0) is 187 Å². The van der Waals surface area contributed by atoms with E-state index in [1.54, 1.807) is 14.1 Å². The van der Waals surface area contributed by atoms with Gasteiger partial charge in [0.05, 0.1) is 11.1 Å². The quantitative estimate of drug-likeness (QED) is 0.0542. The van der Waals surface area contributed by atoms with E-state index in [1.165, 1.54) is 0 Å². The number of fused-ring (bicyclic) bond motifs is 2. The van der Waals surface area contributed by atoms with E-state index in [4.69, 9.17) is 9.47 Å². The van der Waals surface area contributed by atoms with Crippen LogP contribution < -0.4 is 29.4 Å². The first kappa shape index (κ1) is 64.5. The van der Waals surface area contributed by atoms with Crippen molar-refractivity contribution in [2.75, 3.05) is 128 Å². The lowest BCUT2D eigenvalue weighted by Crippen LogP contribution is -2.23. The van der Waals surface area contributed by atoms with E-state index in [9.17, 15) is 0 Å². The van der Waals surface area contributed by atoms with Crippen molar-refractivity contribution < 1.29 is 19.1 Å². The van der Waals surface area contributed by atoms with Crippen molar-refractivity contribution in [1.29, 1.82) is 0 Å². The lowest BCUT2D eigenvalue weighted by Gasteiger charge is -2.28. The number of rotatable bonds is 20. The molecule has 0 N–H and O–H groups in total. The monoisotopic (exact) mass is 1240 g/mol. The summed E-state index contributed by atoms with van der Waals surface area (Å²) < 4.78 is 14.4. The van der Waals surface area contributed by atoms with Crippen LogP contribution in [0, 0.1) is 0 Å². The fraction of sp³-hybridized carbons (Fsp3) is 0.195. The van der Waals surface area contributed by atoms with Crippen LogP contribution in [0.1, 0.15) is 87.5 Å². The Morgan fingerprint density at radius 3 is 0.649 bits per heavy atom. The topological polar surface area (TPSA) is 96.8 Å².